The molecular weight excluding hydrogens is 238 g/mol. The molecule has 5 nitrogen and oxygen atoms in total. The van der Waals surface area contributed by atoms with Crippen LogP contribution in [0.5, 0.6) is 0 Å². The van der Waals surface area contributed by atoms with Crippen LogP contribution in [-0.4, -0.2) is 32.7 Å². The Morgan fingerprint density at radius 1 is 1.37 bits per heavy atom. The molecule has 102 valence electrons. The average molecular weight is 259 g/mol. The van der Waals surface area contributed by atoms with Crippen molar-refractivity contribution >= 4 is 5.65 Å². The number of rotatable bonds is 2. The number of hydrogen-bond donors (Lipinski definition) is 1. The summed E-state index contributed by atoms with van der Waals surface area (Å²) in [6, 6.07) is 2.00. The smallest absolute Gasteiger partial charge is 0.164 e. The van der Waals surface area contributed by atoms with E-state index in [2.05, 4.69) is 31.8 Å². The van der Waals surface area contributed by atoms with E-state index in [9.17, 15) is 0 Å². The molecule has 0 saturated carbocycles. The van der Waals surface area contributed by atoms with Crippen molar-refractivity contribution in [2.24, 2.45) is 0 Å². The van der Waals surface area contributed by atoms with Crippen molar-refractivity contribution in [3.05, 3.63) is 23.4 Å². The minimum atomic E-state index is 0.0966. The molecule has 1 atom stereocenters. The Hall–Kier alpha value is -1.49. The average Bonchev–Trinajstić information content (AvgIpc) is 2.84. The predicted octanol–water partition coefficient (Wildman–Crippen LogP) is 1.77. The van der Waals surface area contributed by atoms with Gasteiger partial charge < -0.3 is 5.32 Å². The number of aryl methyl sites for hydroxylation is 2. The molecule has 1 N–H and O–H groups in total. The Balaban J connectivity index is 2.19. The third-order valence-electron chi connectivity index (χ3n) is 4.31. The molecule has 1 saturated heterocycles. The van der Waals surface area contributed by atoms with Crippen molar-refractivity contribution in [2.75, 3.05) is 13.1 Å². The maximum atomic E-state index is 4.56. The van der Waals surface area contributed by atoms with Crippen LogP contribution < -0.4 is 5.32 Å². The van der Waals surface area contributed by atoms with Gasteiger partial charge in [0.05, 0.1) is 0 Å². The lowest BCUT2D eigenvalue weighted by Gasteiger charge is -2.35. The second-order valence-electron chi connectivity index (χ2n) is 5.58. The molecule has 1 unspecified atom stereocenters. The molecule has 1 aliphatic heterocycles. The maximum absolute atomic E-state index is 4.56. The topological polar surface area (TPSA) is 55.1 Å². The van der Waals surface area contributed by atoms with Gasteiger partial charge in [0.25, 0.3) is 0 Å². The Kier molecular flexibility index (Phi) is 3.01. The molecule has 1 aliphatic rings. The molecule has 0 radical (unpaired) electrons. The standard InChI is InChI=1S/C14H21N5/c1-4-14(6-5-7-15-9-14)13-18-17-12-8-10(2)16-11(3)19(12)13/h8,15H,4-7,9H2,1-3H3. The first kappa shape index (κ1) is 12.5. The predicted molar refractivity (Wildman–Crippen MR) is 74.3 cm³/mol. The van der Waals surface area contributed by atoms with Gasteiger partial charge in [0.2, 0.25) is 0 Å². The van der Waals surface area contributed by atoms with Crippen LogP contribution in [-0.2, 0) is 5.41 Å². The second kappa shape index (κ2) is 4.56. The highest BCUT2D eigenvalue weighted by molar-refractivity contribution is 5.41. The third kappa shape index (κ3) is 1.92. The van der Waals surface area contributed by atoms with E-state index in [0.29, 0.717) is 0 Å². The first-order chi connectivity index (χ1) is 9.16. The van der Waals surface area contributed by atoms with Gasteiger partial charge >= 0.3 is 0 Å². The van der Waals surface area contributed by atoms with Crippen molar-refractivity contribution in [1.82, 2.24) is 24.9 Å². The largest absolute Gasteiger partial charge is 0.316 e. The monoisotopic (exact) mass is 259 g/mol. The fraction of sp³-hybridized carbons (Fsp3) is 0.643. The highest BCUT2D eigenvalue weighted by Gasteiger charge is 2.37. The van der Waals surface area contributed by atoms with Crippen molar-refractivity contribution in [3.63, 3.8) is 0 Å². The van der Waals surface area contributed by atoms with Crippen LogP contribution in [0.3, 0.4) is 0 Å². The van der Waals surface area contributed by atoms with E-state index in [1.165, 1.54) is 12.8 Å². The molecule has 1 fully saturated rings. The van der Waals surface area contributed by atoms with Crippen molar-refractivity contribution < 1.29 is 0 Å². The number of piperidine rings is 1. The third-order valence-corrected chi connectivity index (χ3v) is 4.31. The quantitative estimate of drug-likeness (QED) is 0.893. The summed E-state index contributed by atoms with van der Waals surface area (Å²) in [5, 5.41) is 12.4. The van der Waals surface area contributed by atoms with Crippen molar-refractivity contribution in [1.29, 1.82) is 0 Å². The summed E-state index contributed by atoms with van der Waals surface area (Å²) >= 11 is 0. The summed E-state index contributed by atoms with van der Waals surface area (Å²) in [5.74, 6) is 2.05. The van der Waals surface area contributed by atoms with Crippen molar-refractivity contribution in [2.45, 2.75) is 45.4 Å². The Morgan fingerprint density at radius 3 is 2.89 bits per heavy atom. The van der Waals surface area contributed by atoms with Crippen LogP contribution in [0.25, 0.3) is 5.65 Å². The van der Waals surface area contributed by atoms with E-state index in [-0.39, 0.29) is 5.41 Å². The van der Waals surface area contributed by atoms with E-state index >= 15 is 0 Å². The second-order valence-corrected chi connectivity index (χ2v) is 5.58. The maximum Gasteiger partial charge on any atom is 0.164 e. The van der Waals surface area contributed by atoms with Crippen LogP contribution in [0.4, 0.5) is 0 Å². The number of nitrogens with one attached hydrogen (secondary N) is 1. The zero-order valence-corrected chi connectivity index (χ0v) is 11.9. The van der Waals surface area contributed by atoms with Crippen LogP contribution >= 0.6 is 0 Å². The van der Waals surface area contributed by atoms with Gasteiger partial charge in [-0.15, -0.1) is 10.2 Å². The van der Waals surface area contributed by atoms with Gasteiger partial charge in [0, 0.05) is 23.7 Å². The number of nitrogens with zero attached hydrogens (tertiary/aromatic N) is 4. The van der Waals surface area contributed by atoms with Gasteiger partial charge in [-0.05, 0) is 39.7 Å². The van der Waals surface area contributed by atoms with E-state index in [4.69, 9.17) is 0 Å². The van der Waals surface area contributed by atoms with Gasteiger partial charge in [-0.2, -0.15) is 0 Å². The summed E-state index contributed by atoms with van der Waals surface area (Å²) in [6.07, 6.45) is 3.44. The highest BCUT2D eigenvalue weighted by Crippen LogP contribution is 2.33. The minimum absolute atomic E-state index is 0.0966. The number of aromatic nitrogens is 4. The normalized spacial score (nSPS) is 23.9. The lowest BCUT2D eigenvalue weighted by Crippen LogP contribution is -2.44. The fourth-order valence-electron chi connectivity index (χ4n) is 3.20. The SMILES string of the molecule is CCC1(c2nnc3cc(C)nc(C)n23)CCCNC1. The van der Waals surface area contributed by atoms with E-state index < -0.39 is 0 Å². The summed E-state index contributed by atoms with van der Waals surface area (Å²) in [6.45, 7) is 8.36. The van der Waals surface area contributed by atoms with Crippen LogP contribution in [0.1, 0.15) is 43.5 Å². The van der Waals surface area contributed by atoms with Gasteiger partial charge in [-0.3, -0.25) is 4.40 Å². The molecule has 0 spiro atoms. The lowest BCUT2D eigenvalue weighted by atomic mass is 9.77. The van der Waals surface area contributed by atoms with Crippen LogP contribution in [0.2, 0.25) is 0 Å². The molecule has 19 heavy (non-hydrogen) atoms. The number of fused-ring (bicyclic) bond motifs is 1. The summed E-state index contributed by atoms with van der Waals surface area (Å²) in [5.41, 5.74) is 2.01. The van der Waals surface area contributed by atoms with Gasteiger partial charge in [-0.25, -0.2) is 4.98 Å². The van der Waals surface area contributed by atoms with Gasteiger partial charge in [0.1, 0.15) is 11.6 Å². The first-order valence-corrected chi connectivity index (χ1v) is 7.07. The molecule has 2 aromatic rings. The molecule has 2 aromatic heterocycles. The van der Waals surface area contributed by atoms with E-state index in [1.54, 1.807) is 0 Å². The molecule has 3 heterocycles. The van der Waals surface area contributed by atoms with Gasteiger partial charge in [0.15, 0.2) is 5.65 Å². The molecule has 0 aromatic carbocycles. The Morgan fingerprint density at radius 2 is 2.21 bits per heavy atom. The zero-order chi connectivity index (χ0) is 13.5. The Bertz CT molecular complexity index is 595. The number of hydrogen-bond acceptors (Lipinski definition) is 4. The fourth-order valence-corrected chi connectivity index (χ4v) is 3.20. The minimum Gasteiger partial charge on any atom is -0.316 e. The zero-order valence-electron chi connectivity index (χ0n) is 11.9. The molecule has 3 rings (SSSR count). The van der Waals surface area contributed by atoms with Crippen molar-refractivity contribution in [3.8, 4) is 0 Å². The van der Waals surface area contributed by atoms with Crippen LogP contribution in [0, 0.1) is 13.8 Å². The van der Waals surface area contributed by atoms with Crippen LogP contribution in [0.15, 0.2) is 6.07 Å². The molecule has 0 bridgehead atoms. The molecule has 5 heteroatoms. The summed E-state index contributed by atoms with van der Waals surface area (Å²) in [7, 11) is 0. The van der Waals surface area contributed by atoms with Gasteiger partial charge in [-0.1, -0.05) is 6.92 Å². The summed E-state index contributed by atoms with van der Waals surface area (Å²) < 4.78 is 2.13. The van der Waals surface area contributed by atoms with E-state index in [0.717, 1.165) is 42.5 Å². The Labute approximate surface area is 113 Å². The molecule has 0 aliphatic carbocycles. The highest BCUT2D eigenvalue weighted by atomic mass is 15.3. The lowest BCUT2D eigenvalue weighted by molar-refractivity contribution is 0.285. The van der Waals surface area contributed by atoms with E-state index in [1.807, 2.05) is 19.9 Å². The molecule has 0 amide bonds. The first-order valence-electron chi connectivity index (χ1n) is 7.07. The summed E-state index contributed by atoms with van der Waals surface area (Å²) in [4.78, 5) is 4.56. The molecular formula is C14H21N5.